The topological polar surface area (TPSA) is 189 Å². The van der Waals surface area contributed by atoms with Crippen LogP contribution < -0.4 is 19.6 Å². The first-order valence-electron chi connectivity index (χ1n) is 14.2. The van der Waals surface area contributed by atoms with Crippen LogP contribution in [0.5, 0.6) is 17.2 Å². The standard InChI is InChI=1S/C32H32O15/c1-15(33)40-14-25-29(43-17(3)35)30(44-18(4)36)31(45-19(5)37)32(47-25)46-24-12-11-23-26(28(24)42-16(2)34)27(38)22(13-41-23)20-7-9-21(39-6)10-8-20/h7-13,25,29-32H,14H2,1-6H3/t25-,29+,30-,31-,32+/m0/s1. The molecule has 2 heterocycles. The molecule has 15 heteroatoms. The van der Waals surface area contributed by atoms with Crippen LogP contribution in [0.2, 0.25) is 0 Å². The molecule has 0 bridgehead atoms. The summed E-state index contributed by atoms with van der Waals surface area (Å²) in [7, 11) is 1.50. The molecule has 0 unspecified atom stereocenters. The average molecular weight is 657 g/mol. The van der Waals surface area contributed by atoms with Gasteiger partial charge in [0.25, 0.3) is 0 Å². The second-order valence-corrected chi connectivity index (χ2v) is 10.3. The molecule has 47 heavy (non-hydrogen) atoms. The normalized spacial score (nSPS) is 20.4. The lowest BCUT2D eigenvalue weighted by Crippen LogP contribution is -2.63. The Hall–Kier alpha value is -5.44. The van der Waals surface area contributed by atoms with Crippen LogP contribution in [0.4, 0.5) is 0 Å². The molecule has 5 atom stereocenters. The van der Waals surface area contributed by atoms with Gasteiger partial charge in [-0.05, 0) is 29.8 Å². The number of esters is 5. The number of benzene rings is 2. The van der Waals surface area contributed by atoms with E-state index in [2.05, 4.69) is 0 Å². The summed E-state index contributed by atoms with van der Waals surface area (Å²) in [5.41, 5.74) is 0.0520. The van der Waals surface area contributed by atoms with E-state index in [9.17, 15) is 28.8 Å². The zero-order valence-corrected chi connectivity index (χ0v) is 26.3. The van der Waals surface area contributed by atoms with E-state index in [-0.39, 0.29) is 28.0 Å². The highest BCUT2D eigenvalue weighted by Gasteiger charge is 2.53. The van der Waals surface area contributed by atoms with Gasteiger partial charge in [-0.3, -0.25) is 28.8 Å². The van der Waals surface area contributed by atoms with Gasteiger partial charge in [-0.25, -0.2) is 0 Å². The summed E-state index contributed by atoms with van der Waals surface area (Å²) in [5.74, 6) is -4.07. The second-order valence-electron chi connectivity index (χ2n) is 10.3. The molecule has 0 amide bonds. The van der Waals surface area contributed by atoms with Crippen LogP contribution in [0.3, 0.4) is 0 Å². The average Bonchev–Trinajstić information content (AvgIpc) is 2.99. The number of hydrogen-bond donors (Lipinski definition) is 0. The highest BCUT2D eigenvalue weighted by molar-refractivity contribution is 5.91. The summed E-state index contributed by atoms with van der Waals surface area (Å²) in [6, 6.07) is 9.26. The monoisotopic (exact) mass is 656 g/mol. The van der Waals surface area contributed by atoms with E-state index in [0.717, 1.165) is 34.6 Å². The third kappa shape index (κ3) is 8.24. The van der Waals surface area contributed by atoms with Gasteiger partial charge >= 0.3 is 29.8 Å². The van der Waals surface area contributed by atoms with Gasteiger partial charge in [0.2, 0.25) is 17.8 Å². The number of fused-ring (bicyclic) bond motifs is 1. The van der Waals surface area contributed by atoms with Crippen LogP contribution in [-0.4, -0.2) is 74.3 Å². The van der Waals surface area contributed by atoms with E-state index in [0.29, 0.717) is 11.3 Å². The summed E-state index contributed by atoms with van der Waals surface area (Å²) in [6.07, 6.45) is -6.26. The number of carbonyl (C=O) groups is 5. The summed E-state index contributed by atoms with van der Waals surface area (Å²) >= 11 is 0. The third-order valence-electron chi connectivity index (χ3n) is 6.70. The maximum Gasteiger partial charge on any atom is 0.308 e. The Balaban J connectivity index is 1.86. The predicted molar refractivity (Wildman–Crippen MR) is 158 cm³/mol. The fourth-order valence-electron chi connectivity index (χ4n) is 4.89. The van der Waals surface area contributed by atoms with Crippen molar-refractivity contribution in [2.45, 2.75) is 65.3 Å². The largest absolute Gasteiger partial charge is 0.497 e. The molecule has 1 aromatic heterocycles. The van der Waals surface area contributed by atoms with Crippen molar-refractivity contribution in [1.29, 1.82) is 0 Å². The molecule has 0 N–H and O–H groups in total. The third-order valence-corrected chi connectivity index (χ3v) is 6.70. The maximum absolute atomic E-state index is 13.9. The Bertz CT molecular complexity index is 1720. The molecule has 0 spiro atoms. The molecule has 1 aliphatic rings. The van der Waals surface area contributed by atoms with Crippen LogP contribution in [0.25, 0.3) is 22.1 Å². The number of methoxy groups -OCH3 is 1. The minimum absolute atomic E-state index is 0.0393. The molecule has 0 saturated carbocycles. The van der Waals surface area contributed by atoms with Gasteiger partial charge < -0.3 is 42.3 Å². The molecule has 0 radical (unpaired) electrons. The van der Waals surface area contributed by atoms with Gasteiger partial charge in [-0.1, -0.05) is 12.1 Å². The van der Waals surface area contributed by atoms with Crippen LogP contribution >= 0.6 is 0 Å². The fourth-order valence-corrected chi connectivity index (χ4v) is 4.89. The first kappa shape index (κ1) is 34.4. The summed E-state index contributed by atoms with van der Waals surface area (Å²) in [4.78, 5) is 74.3. The molecule has 0 aliphatic carbocycles. The summed E-state index contributed by atoms with van der Waals surface area (Å²) in [6.45, 7) is 4.97. The predicted octanol–water partition coefficient (Wildman–Crippen LogP) is 2.86. The first-order chi connectivity index (χ1) is 22.3. The zero-order valence-electron chi connectivity index (χ0n) is 26.3. The number of carbonyl (C=O) groups excluding carboxylic acids is 5. The van der Waals surface area contributed by atoms with Crippen LogP contribution in [0.15, 0.2) is 51.9 Å². The zero-order chi connectivity index (χ0) is 34.4. The number of hydrogen-bond acceptors (Lipinski definition) is 15. The molecule has 4 rings (SSSR count). The van der Waals surface area contributed by atoms with Gasteiger partial charge in [0.05, 0.1) is 12.7 Å². The van der Waals surface area contributed by atoms with Gasteiger partial charge in [-0.2, -0.15) is 0 Å². The van der Waals surface area contributed by atoms with Crippen molar-refractivity contribution in [3.05, 3.63) is 52.9 Å². The van der Waals surface area contributed by atoms with Crippen molar-refractivity contribution < 1.29 is 66.3 Å². The van der Waals surface area contributed by atoms with Crippen LogP contribution in [0.1, 0.15) is 34.6 Å². The molecule has 3 aromatic rings. The first-order valence-corrected chi connectivity index (χ1v) is 14.2. The van der Waals surface area contributed by atoms with Gasteiger partial charge in [0.15, 0.2) is 23.7 Å². The van der Waals surface area contributed by atoms with E-state index < -0.39 is 72.6 Å². The second kappa shape index (κ2) is 14.8. The van der Waals surface area contributed by atoms with Crippen molar-refractivity contribution in [2.24, 2.45) is 0 Å². The molecular weight excluding hydrogens is 624 g/mol. The molecule has 2 aromatic carbocycles. The lowest BCUT2D eigenvalue weighted by Gasteiger charge is -2.44. The minimum Gasteiger partial charge on any atom is -0.497 e. The van der Waals surface area contributed by atoms with Crippen molar-refractivity contribution >= 4 is 40.8 Å². The van der Waals surface area contributed by atoms with Gasteiger partial charge in [-0.15, -0.1) is 0 Å². The van der Waals surface area contributed by atoms with E-state index >= 15 is 0 Å². The van der Waals surface area contributed by atoms with E-state index in [1.54, 1.807) is 24.3 Å². The Kier molecular flexibility index (Phi) is 10.8. The molecule has 1 aliphatic heterocycles. The highest BCUT2D eigenvalue weighted by Crippen LogP contribution is 2.39. The van der Waals surface area contributed by atoms with Crippen molar-refractivity contribution in [2.75, 3.05) is 13.7 Å². The molecule has 1 saturated heterocycles. The van der Waals surface area contributed by atoms with Crippen LogP contribution in [0, 0.1) is 0 Å². The Morgan fingerprint density at radius 3 is 1.94 bits per heavy atom. The lowest BCUT2D eigenvalue weighted by atomic mass is 9.98. The van der Waals surface area contributed by atoms with Crippen molar-refractivity contribution in [1.82, 2.24) is 0 Å². The van der Waals surface area contributed by atoms with Gasteiger partial charge in [0, 0.05) is 34.6 Å². The van der Waals surface area contributed by atoms with E-state index in [4.69, 9.17) is 42.3 Å². The Morgan fingerprint density at radius 2 is 1.36 bits per heavy atom. The fraction of sp³-hybridized carbons (Fsp3) is 0.375. The molecular formula is C32H32O15. The number of ether oxygens (including phenoxy) is 8. The maximum atomic E-state index is 13.9. The van der Waals surface area contributed by atoms with Gasteiger partial charge in [0.1, 0.15) is 35.7 Å². The quantitative estimate of drug-likeness (QED) is 0.176. The van der Waals surface area contributed by atoms with Crippen molar-refractivity contribution in [3.63, 3.8) is 0 Å². The Labute approximate surface area is 267 Å². The Morgan fingerprint density at radius 1 is 0.745 bits per heavy atom. The minimum atomic E-state index is -1.67. The molecule has 15 nitrogen and oxygen atoms in total. The summed E-state index contributed by atoms with van der Waals surface area (Å²) in [5, 5.41) is -0.170. The molecule has 1 fully saturated rings. The lowest BCUT2D eigenvalue weighted by molar-refractivity contribution is -0.288. The van der Waals surface area contributed by atoms with E-state index in [1.165, 1.54) is 25.5 Å². The highest BCUT2D eigenvalue weighted by atomic mass is 16.7. The smallest absolute Gasteiger partial charge is 0.308 e. The number of rotatable bonds is 10. The molecule has 250 valence electrons. The van der Waals surface area contributed by atoms with Crippen LogP contribution in [-0.2, 0) is 47.7 Å². The summed E-state index contributed by atoms with van der Waals surface area (Å²) < 4.78 is 49.8. The SMILES string of the molecule is COc1ccc(-c2coc3ccc(O[C@@H]4O[C@@H](COC(C)=O)[C@@H](OC(C)=O)[C@H](OC(C)=O)[C@@H]4OC(C)=O)c(OC(C)=O)c3c2=O)cc1. The van der Waals surface area contributed by atoms with Crippen molar-refractivity contribution in [3.8, 4) is 28.4 Å². The van der Waals surface area contributed by atoms with E-state index in [1.807, 2.05) is 0 Å².